The predicted molar refractivity (Wildman–Crippen MR) is 277 cm³/mol. The number of thiazole rings is 1. The molecule has 4 aromatic heterocycles. The molecule has 7 N–H and O–H groups in total. The summed E-state index contributed by atoms with van der Waals surface area (Å²) in [6.45, 7) is 9.83. The predicted octanol–water partition coefficient (Wildman–Crippen LogP) is 8.42. The molecule has 1 aliphatic heterocycles. The van der Waals surface area contributed by atoms with Gasteiger partial charge in [-0.2, -0.15) is 0 Å². The highest BCUT2D eigenvalue weighted by Crippen LogP contribution is 2.40. The van der Waals surface area contributed by atoms with Gasteiger partial charge >= 0.3 is 0 Å². The van der Waals surface area contributed by atoms with Gasteiger partial charge in [-0.25, -0.2) is 19.9 Å². The van der Waals surface area contributed by atoms with Crippen molar-refractivity contribution in [3.05, 3.63) is 126 Å². The number of nitrogen functional groups attached to an aromatic ring is 1. The summed E-state index contributed by atoms with van der Waals surface area (Å²) in [6.07, 6.45) is 5.16. The molecule has 0 spiro atoms. The Hall–Kier alpha value is -7.01. The number of carbonyl (C=O) groups excluding carboxylic acids is 3. The van der Waals surface area contributed by atoms with Crippen LogP contribution in [0, 0.1) is 12.3 Å². The summed E-state index contributed by atoms with van der Waals surface area (Å²) in [7, 11) is 0. The number of hydrogen-bond donors (Lipinski definition) is 5. The van der Waals surface area contributed by atoms with Crippen molar-refractivity contribution in [1.29, 1.82) is 0 Å². The van der Waals surface area contributed by atoms with Crippen molar-refractivity contribution in [2.75, 3.05) is 18.9 Å². The van der Waals surface area contributed by atoms with Gasteiger partial charge < -0.3 is 36.8 Å². The maximum atomic E-state index is 14.3. The number of pyridine rings is 2. The molecular weight excluding hydrogens is 913 g/mol. The molecule has 1 saturated heterocycles. The van der Waals surface area contributed by atoms with E-state index in [4.69, 9.17) is 26.2 Å². The highest BCUT2D eigenvalue weighted by molar-refractivity contribution is 7.13. The molecule has 5 heterocycles. The molecule has 2 aliphatic rings. The first-order valence-electron chi connectivity index (χ1n) is 24.4. The Kier molecular flexibility index (Phi) is 14.1. The average Bonchev–Trinajstić information content (AvgIpc) is 4.08. The zero-order valence-corrected chi connectivity index (χ0v) is 41.7. The molecule has 3 amide bonds. The summed E-state index contributed by atoms with van der Waals surface area (Å²) in [5.41, 5.74) is 22.3. The van der Waals surface area contributed by atoms with Gasteiger partial charge in [0.25, 0.3) is 0 Å². The van der Waals surface area contributed by atoms with E-state index in [9.17, 15) is 19.5 Å². The number of hydrogen-bond acceptors (Lipinski definition) is 12. The standard InChI is InChI=1S/C55H62N10O5S/c1-33(35-16-18-36(19-17-35)47-34(2)59-32-71-47)60-52(68)44-30-39(66)31-64(44)53(69)48(54(3,4)5)63-46(67)15-8-9-29-70-45-14-7-6-12-40(45)42-24-25-43-51(61-42)65(50(62-43)41-13-10-28-58-49(41)56)38-22-20-37(21-23-38)55(57)26-11-27-55/h6-7,10,12-14,16-25,28,32-33,39,44,48,66H,8-9,11,15,26-27,29-31,57H2,1-5H3,(H2,56,58)(H,60,68)(H,63,67). The largest absolute Gasteiger partial charge is 0.493 e. The number of likely N-dealkylation sites (tertiary alicyclic amines) is 1. The van der Waals surface area contributed by atoms with E-state index in [0.717, 1.165) is 57.8 Å². The monoisotopic (exact) mass is 974 g/mol. The number of nitrogens with one attached hydrogen (secondary N) is 2. The number of benzene rings is 3. The molecule has 16 heteroatoms. The summed E-state index contributed by atoms with van der Waals surface area (Å²) < 4.78 is 8.37. The maximum Gasteiger partial charge on any atom is 0.246 e. The normalized spacial score (nSPS) is 17.4. The Balaban J connectivity index is 0.831. The summed E-state index contributed by atoms with van der Waals surface area (Å²) in [5.74, 6) is 0.576. The number of rotatable bonds is 16. The number of ether oxygens (including phenoxy) is 1. The second-order valence-corrected chi connectivity index (χ2v) is 20.8. The Morgan fingerprint density at radius 2 is 1.66 bits per heavy atom. The molecular formula is C55H62N10O5S. The molecule has 368 valence electrons. The van der Waals surface area contributed by atoms with Crippen molar-refractivity contribution in [3.63, 3.8) is 0 Å². The molecule has 71 heavy (non-hydrogen) atoms. The third-order valence-electron chi connectivity index (χ3n) is 13.8. The van der Waals surface area contributed by atoms with Gasteiger partial charge in [-0.05, 0) is 117 Å². The first-order chi connectivity index (χ1) is 34.1. The molecule has 4 atom stereocenters. The van der Waals surface area contributed by atoms with Crippen LogP contribution in [0.3, 0.4) is 0 Å². The summed E-state index contributed by atoms with van der Waals surface area (Å²) >= 11 is 1.58. The number of aliphatic hydroxyl groups is 1. The number of nitrogens with zero attached hydrogens (tertiary/aromatic N) is 6. The molecule has 4 unspecified atom stereocenters. The number of fused-ring (bicyclic) bond motifs is 1. The minimum Gasteiger partial charge on any atom is -0.493 e. The Bertz CT molecular complexity index is 3050. The van der Waals surface area contributed by atoms with Gasteiger partial charge in [-0.3, -0.25) is 19.0 Å². The van der Waals surface area contributed by atoms with Crippen molar-refractivity contribution in [2.24, 2.45) is 11.1 Å². The van der Waals surface area contributed by atoms with Crippen LogP contribution in [0.5, 0.6) is 5.75 Å². The number of para-hydroxylation sites is 1. The van der Waals surface area contributed by atoms with E-state index in [-0.39, 0.29) is 42.8 Å². The number of anilines is 1. The molecule has 2 fully saturated rings. The van der Waals surface area contributed by atoms with E-state index in [1.165, 1.54) is 4.90 Å². The van der Waals surface area contributed by atoms with Crippen LogP contribution in [0.4, 0.5) is 5.82 Å². The summed E-state index contributed by atoms with van der Waals surface area (Å²) in [6, 6.07) is 29.4. The molecule has 9 rings (SSSR count). The Morgan fingerprint density at radius 3 is 2.35 bits per heavy atom. The lowest BCUT2D eigenvalue weighted by Gasteiger charge is -2.38. The molecule has 7 aromatic rings. The lowest BCUT2D eigenvalue weighted by atomic mass is 9.73. The smallest absolute Gasteiger partial charge is 0.246 e. The molecule has 1 aliphatic carbocycles. The fraction of sp³-hybridized carbons (Fsp3) is 0.364. The Morgan fingerprint density at radius 1 is 0.915 bits per heavy atom. The van der Waals surface area contributed by atoms with Crippen molar-refractivity contribution in [3.8, 4) is 44.5 Å². The third-order valence-corrected chi connectivity index (χ3v) is 14.8. The van der Waals surface area contributed by atoms with Gasteiger partial charge in [-0.1, -0.05) is 69.3 Å². The molecule has 1 saturated carbocycles. The van der Waals surface area contributed by atoms with Gasteiger partial charge in [0.2, 0.25) is 17.7 Å². The number of amides is 3. The first kappa shape index (κ1) is 49.0. The highest BCUT2D eigenvalue weighted by atomic mass is 32.1. The molecule has 15 nitrogen and oxygen atoms in total. The van der Waals surface area contributed by atoms with E-state index >= 15 is 0 Å². The van der Waals surface area contributed by atoms with Gasteiger partial charge in [-0.15, -0.1) is 11.3 Å². The zero-order chi connectivity index (χ0) is 50.0. The number of aliphatic hydroxyl groups excluding tert-OH is 1. The molecule has 0 bridgehead atoms. The van der Waals surface area contributed by atoms with Crippen LogP contribution in [0.25, 0.3) is 49.9 Å². The van der Waals surface area contributed by atoms with E-state index in [1.807, 2.05) is 117 Å². The lowest BCUT2D eigenvalue weighted by molar-refractivity contribution is -0.144. The highest BCUT2D eigenvalue weighted by Gasteiger charge is 2.45. The molecule has 0 radical (unpaired) electrons. The topological polar surface area (TPSA) is 216 Å². The van der Waals surface area contributed by atoms with Gasteiger partial charge in [0.05, 0.1) is 46.1 Å². The van der Waals surface area contributed by atoms with E-state index in [0.29, 0.717) is 59.3 Å². The minimum absolute atomic E-state index is 0.00637. The number of nitrogens with two attached hydrogens (primary N) is 2. The van der Waals surface area contributed by atoms with Crippen LogP contribution >= 0.6 is 11.3 Å². The Labute approximate surface area is 418 Å². The van der Waals surface area contributed by atoms with E-state index in [1.54, 1.807) is 17.5 Å². The van der Waals surface area contributed by atoms with Crippen LogP contribution in [0.2, 0.25) is 0 Å². The van der Waals surface area contributed by atoms with Crippen LogP contribution < -0.4 is 26.8 Å². The van der Waals surface area contributed by atoms with E-state index < -0.39 is 29.5 Å². The number of aromatic nitrogens is 5. The quantitative estimate of drug-likeness (QED) is 0.0579. The van der Waals surface area contributed by atoms with Crippen molar-refractivity contribution in [1.82, 2.24) is 40.0 Å². The fourth-order valence-corrected chi connectivity index (χ4v) is 10.4. The number of aryl methyl sites for hydroxylation is 1. The van der Waals surface area contributed by atoms with Crippen molar-refractivity contribution in [2.45, 2.75) is 109 Å². The number of carbonyl (C=O) groups is 3. The van der Waals surface area contributed by atoms with Crippen molar-refractivity contribution >= 4 is 46.0 Å². The zero-order valence-electron chi connectivity index (χ0n) is 40.9. The maximum absolute atomic E-state index is 14.3. The SMILES string of the molecule is Cc1ncsc1-c1ccc(C(C)NC(=O)C2CC(O)CN2C(=O)C(NC(=O)CCCCOc2ccccc2-c2ccc3nc(-c4cccnc4N)n(-c4ccc(C5(N)CCC5)cc4)c3n2)C(C)(C)C)cc1. The number of unbranched alkanes of at least 4 members (excludes halogenated alkanes) is 1. The lowest BCUT2D eigenvalue weighted by Crippen LogP contribution is -2.57. The fourth-order valence-electron chi connectivity index (χ4n) is 9.55. The summed E-state index contributed by atoms with van der Waals surface area (Å²) in [4.78, 5) is 63.0. The van der Waals surface area contributed by atoms with Crippen LogP contribution in [0.1, 0.15) is 95.5 Å². The van der Waals surface area contributed by atoms with E-state index in [2.05, 4.69) is 44.9 Å². The van der Waals surface area contributed by atoms with Crippen LogP contribution in [-0.2, 0) is 19.9 Å². The first-order valence-corrected chi connectivity index (χ1v) is 25.3. The molecule has 3 aromatic carbocycles. The average molecular weight is 975 g/mol. The third kappa shape index (κ3) is 10.4. The number of β-amino-alcohol motifs (C(OH)–C–C–N with tert-alkyl or cyclic N) is 1. The van der Waals surface area contributed by atoms with Gasteiger partial charge in [0, 0.05) is 42.4 Å². The van der Waals surface area contributed by atoms with Crippen molar-refractivity contribution < 1.29 is 24.2 Å². The number of imidazole rings is 1. The van der Waals surface area contributed by atoms with Crippen LogP contribution in [0.15, 0.2) is 109 Å². The summed E-state index contributed by atoms with van der Waals surface area (Å²) in [5, 5.41) is 16.8. The van der Waals surface area contributed by atoms with Crippen LogP contribution in [-0.4, -0.2) is 83.6 Å². The van der Waals surface area contributed by atoms with Gasteiger partial charge in [0.15, 0.2) is 11.5 Å². The minimum atomic E-state index is -0.928. The second-order valence-electron chi connectivity index (χ2n) is 20.0. The second kappa shape index (κ2) is 20.4. The van der Waals surface area contributed by atoms with Gasteiger partial charge in [0.1, 0.15) is 29.2 Å².